The van der Waals surface area contributed by atoms with E-state index in [4.69, 9.17) is 0 Å². The van der Waals surface area contributed by atoms with Gasteiger partial charge in [-0.1, -0.05) is 12.1 Å². The minimum absolute atomic E-state index is 0.160. The minimum atomic E-state index is -0.160. The van der Waals surface area contributed by atoms with Gasteiger partial charge in [0, 0.05) is 0 Å². The summed E-state index contributed by atoms with van der Waals surface area (Å²) in [6, 6.07) is 7.25. The van der Waals surface area contributed by atoms with Gasteiger partial charge >= 0.3 is 0 Å². The number of aromatic amines is 1. The third kappa shape index (κ3) is 1.64. The molecule has 3 heterocycles. The standard InChI is InChI=1S/C14H10N6O/c1-8-19-10-5-3-2-4-9(10)14(21)20(8)13-11-12(16-6-15-11)17-7-18-13/h2-7H,1H3,(H,15,16,17,18). The number of hydrogen-bond acceptors (Lipinski definition) is 5. The van der Waals surface area contributed by atoms with Crippen molar-refractivity contribution in [3.63, 3.8) is 0 Å². The molecule has 0 atom stereocenters. The molecule has 7 nitrogen and oxygen atoms in total. The topological polar surface area (TPSA) is 89.3 Å². The molecule has 0 saturated carbocycles. The Morgan fingerprint density at radius 3 is 2.90 bits per heavy atom. The molecule has 0 unspecified atom stereocenters. The number of imidazole rings is 1. The van der Waals surface area contributed by atoms with Gasteiger partial charge < -0.3 is 4.98 Å². The number of fused-ring (bicyclic) bond motifs is 2. The Morgan fingerprint density at radius 1 is 1.14 bits per heavy atom. The second-order valence-electron chi connectivity index (χ2n) is 4.62. The molecule has 0 bridgehead atoms. The molecular formula is C14H10N6O. The molecule has 4 rings (SSSR count). The molecule has 1 aromatic carbocycles. The lowest BCUT2D eigenvalue weighted by Gasteiger charge is -2.10. The van der Waals surface area contributed by atoms with Crippen LogP contribution in [0.5, 0.6) is 0 Å². The summed E-state index contributed by atoms with van der Waals surface area (Å²) >= 11 is 0. The Bertz CT molecular complexity index is 1030. The van der Waals surface area contributed by atoms with E-state index < -0.39 is 0 Å². The van der Waals surface area contributed by atoms with E-state index in [0.717, 1.165) is 0 Å². The number of nitrogens with one attached hydrogen (secondary N) is 1. The SMILES string of the molecule is Cc1nc2ccccc2c(=O)n1-c1ncnc2nc[nH]c12. The van der Waals surface area contributed by atoms with Gasteiger partial charge in [-0.15, -0.1) is 0 Å². The van der Waals surface area contributed by atoms with Gasteiger partial charge in [0.25, 0.3) is 5.56 Å². The predicted molar refractivity (Wildman–Crippen MR) is 77.3 cm³/mol. The molecule has 0 spiro atoms. The molecule has 7 heteroatoms. The largest absolute Gasteiger partial charge is 0.340 e. The molecule has 0 aliphatic carbocycles. The van der Waals surface area contributed by atoms with Gasteiger partial charge in [-0.05, 0) is 19.1 Å². The van der Waals surface area contributed by atoms with Crippen LogP contribution in [0.15, 0.2) is 41.7 Å². The third-order valence-corrected chi connectivity index (χ3v) is 3.36. The van der Waals surface area contributed by atoms with E-state index in [0.29, 0.717) is 33.7 Å². The summed E-state index contributed by atoms with van der Waals surface area (Å²) in [6.45, 7) is 1.78. The number of H-pyrrole nitrogens is 1. The molecule has 1 N–H and O–H groups in total. The van der Waals surface area contributed by atoms with Crippen LogP contribution in [0.2, 0.25) is 0 Å². The van der Waals surface area contributed by atoms with Crippen LogP contribution in [-0.4, -0.2) is 29.5 Å². The Labute approximate surface area is 118 Å². The number of aromatic nitrogens is 6. The molecule has 102 valence electrons. The van der Waals surface area contributed by atoms with E-state index in [-0.39, 0.29) is 5.56 Å². The van der Waals surface area contributed by atoms with Crippen molar-refractivity contribution in [2.75, 3.05) is 0 Å². The van der Waals surface area contributed by atoms with Gasteiger partial charge in [-0.2, -0.15) is 0 Å². The van der Waals surface area contributed by atoms with Crippen molar-refractivity contribution >= 4 is 22.1 Å². The lowest BCUT2D eigenvalue weighted by molar-refractivity contribution is 0.865. The summed E-state index contributed by atoms with van der Waals surface area (Å²) in [5.74, 6) is 1.02. The fraction of sp³-hybridized carbons (Fsp3) is 0.0714. The summed E-state index contributed by atoms with van der Waals surface area (Å²) < 4.78 is 1.48. The van der Waals surface area contributed by atoms with E-state index in [1.165, 1.54) is 17.2 Å². The quantitative estimate of drug-likeness (QED) is 0.568. The summed E-state index contributed by atoms with van der Waals surface area (Å²) in [5, 5.41) is 0.550. The highest BCUT2D eigenvalue weighted by molar-refractivity contribution is 5.80. The van der Waals surface area contributed by atoms with Crippen molar-refractivity contribution < 1.29 is 0 Å². The third-order valence-electron chi connectivity index (χ3n) is 3.36. The summed E-state index contributed by atoms with van der Waals surface area (Å²) in [4.78, 5) is 32.5. The number of nitrogens with zero attached hydrogens (tertiary/aromatic N) is 5. The zero-order chi connectivity index (χ0) is 14.4. The van der Waals surface area contributed by atoms with E-state index >= 15 is 0 Å². The Hall–Kier alpha value is -3.09. The average Bonchev–Trinajstić information content (AvgIpc) is 2.96. The first kappa shape index (κ1) is 11.7. The van der Waals surface area contributed by atoms with Crippen LogP contribution in [0.25, 0.3) is 27.9 Å². The van der Waals surface area contributed by atoms with E-state index in [2.05, 4.69) is 24.9 Å². The van der Waals surface area contributed by atoms with Crippen molar-refractivity contribution in [2.45, 2.75) is 6.92 Å². The van der Waals surface area contributed by atoms with Crippen LogP contribution < -0.4 is 5.56 Å². The number of para-hydroxylation sites is 1. The highest BCUT2D eigenvalue weighted by atomic mass is 16.1. The Morgan fingerprint density at radius 2 is 2.00 bits per heavy atom. The molecular weight excluding hydrogens is 268 g/mol. The summed E-state index contributed by atoms with van der Waals surface area (Å²) in [7, 11) is 0. The van der Waals surface area contributed by atoms with Gasteiger partial charge in [0.15, 0.2) is 11.5 Å². The lowest BCUT2D eigenvalue weighted by Crippen LogP contribution is -2.23. The maximum absolute atomic E-state index is 12.7. The van der Waals surface area contributed by atoms with Crippen molar-refractivity contribution in [3.05, 3.63) is 53.1 Å². The maximum atomic E-state index is 12.7. The predicted octanol–water partition coefficient (Wildman–Crippen LogP) is 1.36. The average molecular weight is 278 g/mol. The highest BCUT2D eigenvalue weighted by Crippen LogP contribution is 2.16. The minimum Gasteiger partial charge on any atom is -0.340 e. The van der Waals surface area contributed by atoms with E-state index in [1.54, 1.807) is 13.0 Å². The van der Waals surface area contributed by atoms with Gasteiger partial charge in [0.05, 0.1) is 17.2 Å². The van der Waals surface area contributed by atoms with Crippen LogP contribution in [0.1, 0.15) is 5.82 Å². The Kier molecular flexibility index (Phi) is 2.34. The molecule has 0 aliphatic rings. The molecule has 0 amide bonds. The molecule has 0 fully saturated rings. The fourth-order valence-electron chi connectivity index (χ4n) is 2.41. The van der Waals surface area contributed by atoms with E-state index in [9.17, 15) is 4.79 Å². The summed E-state index contributed by atoms with van der Waals surface area (Å²) in [6.07, 6.45) is 2.91. The lowest BCUT2D eigenvalue weighted by atomic mass is 10.2. The normalized spacial score (nSPS) is 11.3. The number of hydrogen-bond donors (Lipinski definition) is 1. The molecule has 4 aromatic rings. The number of rotatable bonds is 1. The van der Waals surface area contributed by atoms with Crippen LogP contribution in [0.4, 0.5) is 0 Å². The first-order valence-electron chi connectivity index (χ1n) is 6.38. The van der Waals surface area contributed by atoms with Crippen molar-refractivity contribution in [1.29, 1.82) is 0 Å². The van der Waals surface area contributed by atoms with Crippen LogP contribution >= 0.6 is 0 Å². The van der Waals surface area contributed by atoms with Crippen molar-refractivity contribution in [3.8, 4) is 5.82 Å². The summed E-state index contributed by atoms with van der Waals surface area (Å²) in [5.41, 5.74) is 1.64. The monoisotopic (exact) mass is 278 g/mol. The first-order chi connectivity index (χ1) is 10.3. The first-order valence-corrected chi connectivity index (χ1v) is 6.38. The van der Waals surface area contributed by atoms with E-state index in [1.807, 2.05) is 18.2 Å². The molecule has 0 aliphatic heterocycles. The zero-order valence-electron chi connectivity index (χ0n) is 11.1. The maximum Gasteiger partial charge on any atom is 0.267 e. The van der Waals surface area contributed by atoms with Gasteiger partial charge in [-0.25, -0.2) is 24.5 Å². The van der Waals surface area contributed by atoms with Gasteiger partial charge in [-0.3, -0.25) is 4.79 Å². The van der Waals surface area contributed by atoms with Gasteiger partial charge in [0.1, 0.15) is 17.7 Å². The number of aryl methyl sites for hydroxylation is 1. The number of benzene rings is 1. The zero-order valence-corrected chi connectivity index (χ0v) is 11.1. The Balaban J connectivity index is 2.16. The molecule has 3 aromatic heterocycles. The fourth-order valence-corrected chi connectivity index (χ4v) is 2.41. The molecule has 0 saturated heterocycles. The van der Waals surface area contributed by atoms with Crippen molar-refractivity contribution in [2.24, 2.45) is 0 Å². The van der Waals surface area contributed by atoms with Gasteiger partial charge in [0.2, 0.25) is 0 Å². The van der Waals surface area contributed by atoms with Crippen LogP contribution in [0.3, 0.4) is 0 Å². The van der Waals surface area contributed by atoms with Crippen LogP contribution in [0, 0.1) is 6.92 Å². The molecule has 21 heavy (non-hydrogen) atoms. The highest BCUT2D eigenvalue weighted by Gasteiger charge is 2.14. The smallest absolute Gasteiger partial charge is 0.267 e. The second kappa shape index (κ2) is 4.20. The second-order valence-corrected chi connectivity index (χ2v) is 4.62. The van der Waals surface area contributed by atoms with Crippen molar-refractivity contribution in [1.82, 2.24) is 29.5 Å². The molecule has 0 radical (unpaired) electrons. The van der Waals surface area contributed by atoms with Crippen LogP contribution in [-0.2, 0) is 0 Å².